The van der Waals surface area contributed by atoms with E-state index < -0.39 is 5.41 Å². The number of esters is 1. The molecule has 43 heavy (non-hydrogen) atoms. The second-order valence-electron chi connectivity index (χ2n) is 11.3. The van der Waals surface area contributed by atoms with Crippen molar-refractivity contribution in [3.05, 3.63) is 110 Å². The molecule has 0 radical (unpaired) electrons. The third-order valence-corrected chi connectivity index (χ3v) is 9.22. The Hall–Kier alpha value is -4.01. The summed E-state index contributed by atoms with van der Waals surface area (Å²) in [6, 6.07) is 24.1. The lowest BCUT2D eigenvalue weighted by atomic mass is 9.72. The molecule has 5 aromatic rings. The summed E-state index contributed by atoms with van der Waals surface area (Å²) in [6.45, 7) is 12.1. The molecule has 3 aromatic carbocycles. The molecule has 2 aromatic heterocycles. The quantitative estimate of drug-likeness (QED) is 0.137. The fraction of sp³-hybridized carbons (Fsp3) is 0.343. The van der Waals surface area contributed by atoms with Crippen LogP contribution >= 0.6 is 11.3 Å². The molecule has 0 saturated carbocycles. The van der Waals surface area contributed by atoms with Crippen molar-refractivity contribution in [1.29, 1.82) is 0 Å². The molecule has 0 N–H and O–H groups in total. The molecule has 224 valence electrons. The van der Waals surface area contributed by atoms with Gasteiger partial charge in [0.15, 0.2) is 0 Å². The molecule has 0 spiro atoms. The molecule has 0 aliphatic carbocycles. The van der Waals surface area contributed by atoms with Crippen molar-refractivity contribution in [2.75, 3.05) is 7.11 Å². The summed E-state index contributed by atoms with van der Waals surface area (Å²) in [7, 11) is 1.66. The van der Waals surface area contributed by atoms with Gasteiger partial charge in [-0.15, -0.1) is 16.4 Å². The zero-order chi connectivity index (χ0) is 30.6. The normalized spacial score (nSPS) is 12.4. The van der Waals surface area contributed by atoms with Crippen molar-refractivity contribution in [3.63, 3.8) is 0 Å². The fourth-order valence-corrected chi connectivity index (χ4v) is 6.83. The number of hydrogen-bond acceptors (Lipinski definition) is 7. The van der Waals surface area contributed by atoms with Crippen LogP contribution in [0, 0.1) is 19.3 Å². The summed E-state index contributed by atoms with van der Waals surface area (Å²) < 4.78 is 19.2. The molecule has 0 saturated heterocycles. The molecule has 0 fully saturated rings. The van der Waals surface area contributed by atoms with Crippen LogP contribution in [0.5, 0.6) is 5.75 Å². The van der Waals surface area contributed by atoms with Gasteiger partial charge in [0.2, 0.25) is 0 Å². The van der Waals surface area contributed by atoms with E-state index in [1.807, 2.05) is 73.1 Å². The number of rotatable bonds is 12. The van der Waals surface area contributed by atoms with E-state index >= 15 is 0 Å². The minimum absolute atomic E-state index is 0.229. The molecule has 0 amide bonds. The number of benzene rings is 3. The van der Waals surface area contributed by atoms with Crippen LogP contribution in [0.15, 0.2) is 72.8 Å². The number of aryl methyl sites for hydroxylation is 3. The molecular weight excluding hydrogens is 558 g/mol. The second kappa shape index (κ2) is 13.1. The minimum atomic E-state index is -0.869. The van der Waals surface area contributed by atoms with Crippen LogP contribution in [-0.2, 0) is 40.6 Å². The highest BCUT2D eigenvalue weighted by molar-refractivity contribution is 7.12. The van der Waals surface area contributed by atoms with Gasteiger partial charge in [0.05, 0.1) is 31.3 Å². The monoisotopic (exact) mass is 597 g/mol. The number of methoxy groups -OCH3 is 1. The highest BCUT2D eigenvalue weighted by Crippen LogP contribution is 2.47. The Kier molecular flexibility index (Phi) is 9.28. The zero-order valence-electron chi connectivity index (χ0n) is 25.7. The van der Waals surface area contributed by atoms with Crippen LogP contribution in [0.25, 0.3) is 11.0 Å². The maximum atomic E-state index is 13.8. The van der Waals surface area contributed by atoms with E-state index in [-0.39, 0.29) is 18.5 Å². The van der Waals surface area contributed by atoms with E-state index in [9.17, 15) is 4.79 Å². The molecule has 0 aliphatic rings. The van der Waals surface area contributed by atoms with Crippen molar-refractivity contribution >= 4 is 28.3 Å². The average Bonchev–Trinajstić information content (AvgIpc) is 3.61. The van der Waals surface area contributed by atoms with E-state index in [0.717, 1.165) is 56.0 Å². The Balaban J connectivity index is 1.46. The average molecular weight is 598 g/mol. The predicted molar refractivity (Wildman–Crippen MR) is 170 cm³/mol. The molecule has 7 nitrogen and oxygen atoms in total. The van der Waals surface area contributed by atoms with Crippen LogP contribution in [0.1, 0.15) is 64.3 Å². The van der Waals surface area contributed by atoms with Gasteiger partial charge in [0.25, 0.3) is 0 Å². The van der Waals surface area contributed by atoms with Crippen LogP contribution < -0.4 is 4.74 Å². The number of carbonyl (C=O) groups is 1. The van der Waals surface area contributed by atoms with Crippen LogP contribution in [0.4, 0.5) is 0 Å². The lowest BCUT2D eigenvalue weighted by Gasteiger charge is -2.33. The Bertz CT molecular complexity index is 1690. The highest BCUT2D eigenvalue weighted by Gasteiger charge is 2.42. The molecule has 1 atom stereocenters. The molecule has 2 heterocycles. The Morgan fingerprint density at radius 1 is 0.953 bits per heavy atom. The molecule has 0 bridgehead atoms. The largest absolute Gasteiger partial charge is 0.497 e. The zero-order valence-corrected chi connectivity index (χ0v) is 26.5. The number of fused-ring (bicyclic) bond motifs is 1. The Morgan fingerprint density at radius 3 is 2.37 bits per heavy atom. The van der Waals surface area contributed by atoms with Gasteiger partial charge in [0.1, 0.15) is 17.9 Å². The first-order valence-corrected chi connectivity index (χ1v) is 15.4. The topological polar surface area (TPSA) is 75.5 Å². The van der Waals surface area contributed by atoms with Gasteiger partial charge in [-0.05, 0) is 86.7 Å². The van der Waals surface area contributed by atoms with E-state index in [1.165, 1.54) is 4.88 Å². The standard InChI is InChI=1S/C35H39N3O4S/c1-7-38-30-18-17-29(23(2)33(30)36-37-38)32(35(4,5)34(39)42-21-25-11-9-8-10-12-25)31-19-27(24(3)43-31)22-41-20-26-13-15-28(40-6)16-14-26/h8-19,32H,7,20-22H2,1-6H3/t32-/m0/s1. The Morgan fingerprint density at radius 2 is 1.67 bits per heavy atom. The van der Waals surface area contributed by atoms with Crippen LogP contribution in [0.3, 0.4) is 0 Å². The molecule has 0 unspecified atom stereocenters. The fourth-order valence-electron chi connectivity index (χ4n) is 5.49. The van der Waals surface area contributed by atoms with Crippen molar-refractivity contribution in [2.24, 2.45) is 5.41 Å². The minimum Gasteiger partial charge on any atom is -0.497 e. The smallest absolute Gasteiger partial charge is 0.312 e. The lowest BCUT2D eigenvalue weighted by molar-refractivity contribution is -0.156. The van der Waals surface area contributed by atoms with E-state index in [4.69, 9.17) is 14.2 Å². The molecule has 8 heteroatoms. The number of hydrogen-bond donors (Lipinski definition) is 0. The first-order valence-electron chi connectivity index (χ1n) is 14.6. The van der Waals surface area contributed by atoms with Crippen molar-refractivity contribution in [3.8, 4) is 5.75 Å². The summed E-state index contributed by atoms with van der Waals surface area (Å²) in [5.41, 5.74) is 6.20. The second-order valence-corrected chi connectivity index (χ2v) is 12.6. The van der Waals surface area contributed by atoms with Crippen molar-refractivity contribution in [1.82, 2.24) is 15.0 Å². The maximum absolute atomic E-state index is 13.8. The SMILES string of the molecule is CCn1nnc2c(C)c([C@@H](c3cc(COCc4ccc(OC)cc4)c(C)s3)C(C)(C)C(=O)OCc3ccccc3)ccc21. The first-order chi connectivity index (χ1) is 20.7. The van der Waals surface area contributed by atoms with Gasteiger partial charge >= 0.3 is 5.97 Å². The van der Waals surface area contributed by atoms with E-state index in [0.29, 0.717) is 13.2 Å². The number of thiophene rings is 1. The van der Waals surface area contributed by atoms with Crippen molar-refractivity contribution in [2.45, 2.75) is 66.9 Å². The number of carbonyl (C=O) groups excluding carboxylic acids is 1. The summed E-state index contributed by atoms with van der Waals surface area (Å²) in [5.74, 6) is 0.316. The number of aromatic nitrogens is 3. The van der Waals surface area contributed by atoms with Gasteiger partial charge in [-0.1, -0.05) is 53.7 Å². The first kappa shape index (κ1) is 30.4. The number of ether oxygens (including phenoxy) is 3. The maximum Gasteiger partial charge on any atom is 0.312 e. The third-order valence-electron chi connectivity index (χ3n) is 8.06. The Labute approximate surface area is 257 Å². The van der Waals surface area contributed by atoms with E-state index in [2.05, 4.69) is 49.3 Å². The summed E-state index contributed by atoms with van der Waals surface area (Å²) in [5, 5.41) is 8.85. The highest BCUT2D eigenvalue weighted by atomic mass is 32.1. The van der Waals surface area contributed by atoms with Gasteiger partial charge in [0, 0.05) is 22.2 Å². The third kappa shape index (κ3) is 6.50. The van der Waals surface area contributed by atoms with Gasteiger partial charge in [-0.25, -0.2) is 4.68 Å². The van der Waals surface area contributed by atoms with Gasteiger partial charge in [-0.3, -0.25) is 4.79 Å². The number of nitrogens with zero attached hydrogens (tertiary/aromatic N) is 3. The van der Waals surface area contributed by atoms with E-state index in [1.54, 1.807) is 18.4 Å². The lowest BCUT2D eigenvalue weighted by Crippen LogP contribution is -2.34. The molecular formula is C35H39N3O4S. The molecule has 5 rings (SSSR count). The summed E-state index contributed by atoms with van der Waals surface area (Å²) in [6.07, 6.45) is 0. The van der Waals surface area contributed by atoms with Crippen molar-refractivity contribution < 1.29 is 19.0 Å². The predicted octanol–water partition coefficient (Wildman–Crippen LogP) is 7.76. The van der Waals surface area contributed by atoms with Gasteiger partial charge < -0.3 is 14.2 Å². The molecule has 0 aliphatic heterocycles. The van der Waals surface area contributed by atoms with Crippen LogP contribution in [0.2, 0.25) is 0 Å². The van der Waals surface area contributed by atoms with Crippen LogP contribution in [-0.4, -0.2) is 28.1 Å². The summed E-state index contributed by atoms with van der Waals surface area (Å²) in [4.78, 5) is 16.1. The van der Waals surface area contributed by atoms with Gasteiger partial charge in [-0.2, -0.15) is 0 Å². The summed E-state index contributed by atoms with van der Waals surface area (Å²) >= 11 is 1.71.